The van der Waals surface area contributed by atoms with Crippen LogP contribution in [0.1, 0.15) is 18.9 Å². The largest absolute Gasteiger partial charge is 0.335 e. The van der Waals surface area contributed by atoms with E-state index in [1.54, 1.807) is 0 Å². The molecule has 4 heteroatoms. The number of hydrogen-bond donors (Lipinski definition) is 3. The van der Waals surface area contributed by atoms with E-state index >= 15 is 0 Å². The van der Waals surface area contributed by atoms with Crippen molar-refractivity contribution in [2.75, 3.05) is 18.4 Å². The third-order valence-electron chi connectivity index (χ3n) is 3.41. The molecule has 1 saturated heterocycles. The lowest BCUT2D eigenvalue weighted by molar-refractivity contribution is 0.236. The molecule has 0 saturated carbocycles. The van der Waals surface area contributed by atoms with Crippen LogP contribution in [-0.4, -0.2) is 25.2 Å². The fourth-order valence-corrected chi connectivity index (χ4v) is 2.20. The Bertz CT molecular complexity index is 402. The van der Waals surface area contributed by atoms with E-state index in [1.165, 1.54) is 5.56 Å². The van der Waals surface area contributed by atoms with Crippen LogP contribution in [-0.2, 0) is 0 Å². The number of anilines is 1. The van der Waals surface area contributed by atoms with Crippen LogP contribution in [0, 0.1) is 12.8 Å². The monoisotopic (exact) mass is 247 g/mol. The van der Waals surface area contributed by atoms with E-state index in [9.17, 15) is 4.79 Å². The molecule has 0 aromatic heterocycles. The molecule has 1 aliphatic heterocycles. The Morgan fingerprint density at radius 1 is 1.33 bits per heavy atom. The van der Waals surface area contributed by atoms with Gasteiger partial charge in [-0.3, -0.25) is 0 Å². The van der Waals surface area contributed by atoms with Crippen LogP contribution in [0.3, 0.4) is 0 Å². The van der Waals surface area contributed by atoms with E-state index in [0.29, 0.717) is 5.92 Å². The van der Waals surface area contributed by atoms with Crippen LogP contribution < -0.4 is 16.0 Å². The predicted molar refractivity (Wildman–Crippen MR) is 73.8 cm³/mol. The van der Waals surface area contributed by atoms with E-state index in [1.807, 2.05) is 31.2 Å². The molecule has 1 aromatic carbocycles. The van der Waals surface area contributed by atoms with Crippen molar-refractivity contribution in [3.05, 3.63) is 29.8 Å². The first-order chi connectivity index (χ1) is 8.65. The van der Waals surface area contributed by atoms with Crippen molar-refractivity contribution in [3.8, 4) is 0 Å². The summed E-state index contributed by atoms with van der Waals surface area (Å²) in [7, 11) is 0. The number of amides is 2. The first-order valence-corrected chi connectivity index (χ1v) is 6.50. The fraction of sp³-hybridized carbons (Fsp3) is 0.500. The highest BCUT2D eigenvalue weighted by Gasteiger charge is 2.22. The number of hydrogen-bond acceptors (Lipinski definition) is 2. The number of benzene rings is 1. The zero-order chi connectivity index (χ0) is 13.0. The SMILES string of the molecule is Cc1ccc(NC(=O)NC2CCNCC2C)cc1. The average Bonchev–Trinajstić information content (AvgIpc) is 2.35. The number of urea groups is 1. The lowest BCUT2D eigenvalue weighted by Gasteiger charge is -2.30. The number of rotatable bonds is 2. The van der Waals surface area contributed by atoms with Crippen LogP contribution >= 0.6 is 0 Å². The van der Waals surface area contributed by atoms with Gasteiger partial charge in [0.2, 0.25) is 0 Å². The summed E-state index contributed by atoms with van der Waals surface area (Å²) in [5, 5.41) is 9.23. The molecule has 1 aromatic rings. The van der Waals surface area contributed by atoms with Gasteiger partial charge in [0, 0.05) is 11.7 Å². The molecule has 1 aliphatic rings. The summed E-state index contributed by atoms with van der Waals surface area (Å²) in [6.45, 7) is 6.12. The molecule has 0 radical (unpaired) electrons. The Balaban J connectivity index is 1.86. The minimum absolute atomic E-state index is 0.113. The molecule has 0 spiro atoms. The van der Waals surface area contributed by atoms with Gasteiger partial charge in [-0.2, -0.15) is 0 Å². The van der Waals surface area contributed by atoms with Gasteiger partial charge >= 0.3 is 6.03 Å². The van der Waals surface area contributed by atoms with Gasteiger partial charge < -0.3 is 16.0 Å². The summed E-state index contributed by atoms with van der Waals surface area (Å²) in [4.78, 5) is 11.9. The number of piperidine rings is 1. The van der Waals surface area contributed by atoms with Crippen molar-refractivity contribution in [2.45, 2.75) is 26.3 Å². The maximum Gasteiger partial charge on any atom is 0.319 e. The zero-order valence-corrected chi connectivity index (χ0v) is 11.0. The van der Waals surface area contributed by atoms with E-state index in [-0.39, 0.29) is 12.1 Å². The first kappa shape index (κ1) is 12.9. The van der Waals surface area contributed by atoms with E-state index in [4.69, 9.17) is 0 Å². The van der Waals surface area contributed by atoms with Crippen LogP contribution in [0.4, 0.5) is 10.5 Å². The summed E-state index contributed by atoms with van der Waals surface area (Å²) in [6.07, 6.45) is 0.989. The van der Waals surface area contributed by atoms with Gasteiger partial charge in [0.05, 0.1) is 0 Å². The van der Waals surface area contributed by atoms with E-state index in [2.05, 4.69) is 22.9 Å². The lowest BCUT2D eigenvalue weighted by Crippen LogP contribution is -2.49. The molecule has 0 bridgehead atoms. The summed E-state index contributed by atoms with van der Waals surface area (Å²) in [6, 6.07) is 7.96. The Morgan fingerprint density at radius 3 is 2.72 bits per heavy atom. The van der Waals surface area contributed by atoms with Gasteiger partial charge in [-0.25, -0.2) is 4.79 Å². The Hall–Kier alpha value is -1.55. The number of carbonyl (C=O) groups excluding carboxylic acids is 1. The third kappa shape index (κ3) is 3.47. The molecule has 2 atom stereocenters. The molecule has 1 heterocycles. The minimum Gasteiger partial charge on any atom is -0.335 e. The third-order valence-corrected chi connectivity index (χ3v) is 3.41. The summed E-state index contributed by atoms with van der Waals surface area (Å²) in [5.41, 5.74) is 2.02. The maximum atomic E-state index is 11.9. The summed E-state index contributed by atoms with van der Waals surface area (Å²) >= 11 is 0. The van der Waals surface area contributed by atoms with Gasteiger partial charge in [-0.15, -0.1) is 0 Å². The van der Waals surface area contributed by atoms with Crippen molar-refractivity contribution >= 4 is 11.7 Å². The highest BCUT2D eigenvalue weighted by molar-refractivity contribution is 5.89. The quantitative estimate of drug-likeness (QED) is 0.749. The molecule has 3 N–H and O–H groups in total. The van der Waals surface area contributed by atoms with Crippen molar-refractivity contribution < 1.29 is 4.79 Å². The topological polar surface area (TPSA) is 53.2 Å². The molecule has 2 amide bonds. The number of aryl methyl sites for hydroxylation is 1. The van der Waals surface area contributed by atoms with Gasteiger partial charge in [-0.1, -0.05) is 24.6 Å². The number of carbonyl (C=O) groups is 1. The van der Waals surface area contributed by atoms with E-state index in [0.717, 1.165) is 25.2 Å². The van der Waals surface area contributed by atoms with Crippen LogP contribution in [0.25, 0.3) is 0 Å². The van der Waals surface area contributed by atoms with Gasteiger partial charge in [0.15, 0.2) is 0 Å². The summed E-state index contributed by atoms with van der Waals surface area (Å²) < 4.78 is 0. The van der Waals surface area contributed by atoms with Gasteiger partial charge in [0.1, 0.15) is 0 Å². The average molecular weight is 247 g/mol. The summed E-state index contributed by atoms with van der Waals surface area (Å²) in [5.74, 6) is 0.475. The van der Waals surface area contributed by atoms with E-state index < -0.39 is 0 Å². The van der Waals surface area contributed by atoms with Gasteiger partial charge in [-0.05, 0) is 44.5 Å². The standard InChI is InChI=1S/C14H21N3O/c1-10-3-5-12(6-4-10)16-14(18)17-13-7-8-15-9-11(13)2/h3-6,11,13,15H,7-9H2,1-2H3,(H2,16,17,18). The smallest absolute Gasteiger partial charge is 0.319 e. The highest BCUT2D eigenvalue weighted by Crippen LogP contribution is 2.12. The molecular weight excluding hydrogens is 226 g/mol. The molecule has 2 rings (SSSR count). The van der Waals surface area contributed by atoms with Crippen LogP contribution in [0.5, 0.6) is 0 Å². The second kappa shape index (κ2) is 5.87. The van der Waals surface area contributed by atoms with Crippen molar-refractivity contribution in [1.82, 2.24) is 10.6 Å². The molecule has 2 unspecified atom stereocenters. The second-order valence-electron chi connectivity index (χ2n) is 5.04. The van der Waals surface area contributed by atoms with Crippen molar-refractivity contribution in [3.63, 3.8) is 0 Å². The van der Waals surface area contributed by atoms with Crippen molar-refractivity contribution in [2.24, 2.45) is 5.92 Å². The predicted octanol–water partition coefficient (Wildman–Crippen LogP) is 2.11. The molecule has 98 valence electrons. The fourth-order valence-electron chi connectivity index (χ4n) is 2.20. The maximum absolute atomic E-state index is 11.9. The second-order valence-corrected chi connectivity index (χ2v) is 5.04. The molecule has 0 aliphatic carbocycles. The zero-order valence-electron chi connectivity index (χ0n) is 11.0. The highest BCUT2D eigenvalue weighted by atomic mass is 16.2. The Morgan fingerprint density at radius 2 is 2.06 bits per heavy atom. The molecular formula is C14H21N3O. The normalized spacial score (nSPS) is 23.4. The first-order valence-electron chi connectivity index (χ1n) is 6.50. The lowest BCUT2D eigenvalue weighted by atomic mass is 9.95. The van der Waals surface area contributed by atoms with Gasteiger partial charge in [0.25, 0.3) is 0 Å². The minimum atomic E-state index is -0.113. The number of nitrogens with one attached hydrogen (secondary N) is 3. The Kier molecular flexibility index (Phi) is 4.20. The Labute approximate surface area is 108 Å². The van der Waals surface area contributed by atoms with Crippen LogP contribution in [0.15, 0.2) is 24.3 Å². The van der Waals surface area contributed by atoms with Crippen molar-refractivity contribution in [1.29, 1.82) is 0 Å². The molecule has 18 heavy (non-hydrogen) atoms. The molecule has 4 nitrogen and oxygen atoms in total. The molecule has 1 fully saturated rings. The van der Waals surface area contributed by atoms with Crippen LogP contribution in [0.2, 0.25) is 0 Å².